The summed E-state index contributed by atoms with van der Waals surface area (Å²) in [5.74, 6) is -0.766. The second kappa shape index (κ2) is 4.28. The number of aliphatic carboxylic acids is 1. The van der Waals surface area contributed by atoms with Crippen molar-refractivity contribution < 1.29 is 15.0 Å². The Labute approximate surface area is 84.5 Å². The molecule has 0 aromatic carbocycles. The van der Waals surface area contributed by atoms with Gasteiger partial charge in [0, 0.05) is 6.61 Å². The minimum absolute atomic E-state index is 0.00523. The Balaban J connectivity index is 2.47. The van der Waals surface area contributed by atoms with Crippen molar-refractivity contribution in [3.8, 4) is 0 Å². The summed E-state index contributed by atoms with van der Waals surface area (Å²) in [6.07, 6.45) is 1.75. The van der Waals surface area contributed by atoms with Crippen molar-refractivity contribution in [3.63, 3.8) is 0 Å². The average Bonchev–Trinajstić information content (AvgIpc) is 2.18. The van der Waals surface area contributed by atoms with E-state index in [1.54, 1.807) is 6.92 Å². The number of hydrogen-bond donors (Lipinski definition) is 2. The molecule has 4 nitrogen and oxygen atoms in total. The maximum Gasteiger partial charge on any atom is 0.320 e. The summed E-state index contributed by atoms with van der Waals surface area (Å²) in [4.78, 5) is 12.7. The molecule has 0 bridgehead atoms. The molecule has 1 unspecified atom stereocenters. The molecule has 2 N–H and O–H groups in total. The van der Waals surface area contributed by atoms with Crippen LogP contribution in [0.3, 0.4) is 0 Å². The molecule has 1 fully saturated rings. The van der Waals surface area contributed by atoms with E-state index in [4.69, 9.17) is 10.2 Å². The first-order chi connectivity index (χ1) is 6.48. The van der Waals surface area contributed by atoms with Gasteiger partial charge in [0.15, 0.2) is 0 Å². The summed E-state index contributed by atoms with van der Waals surface area (Å²) in [6.45, 7) is 5.50. The van der Waals surface area contributed by atoms with Crippen LogP contribution in [-0.2, 0) is 4.79 Å². The van der Waals surface area contributed by atoms with Gasteiger partial charge in [-0.2, -0.15) is 0 Å². The number of nitrogens with zero attached hydrogens (tertiary/aromatic N) is 1. The normalized spacial score (nSPS) is 24.5. The van der Waals surface area contributed by atoms with Crippen LogP contribution in [0, 0.1) is 5.41 Å². The van der Waals surface area contributed by atoms with Crippen LogP contribution < -0.4 is 0 Å². The Hall–Kier alpha value is -0.610. The van der Waals surface area contributed by atoms with Crippen LogP contribution in [-0.4, -0.2) is 46.8 Å². The zero-order valence-electron chi connectivity index (χ0n) is 8.86. The van der Waals surface area contributed by atoms with Crippen LogP contribution in [0.25, 0.3) is 0 Å². The zero-order chi connectivity index (χ0) is 10.8. The first-order valence-corrected chi connectivity index (χ1v) is 5.06. The van der Waals surface area contributed by atoms with E-state index in [1.807, 2.05) is 4.90 Å². The van der Waals surface area contributed by atoms with Crippen molar-refractivity contribution >= 4 is 5.97 Å². The van der Waals surface area contributed by atoms with Crippen molar-refractivity contribution in [3.05, 3.63) is 0 Å². The number of carboxylic acid groups (broad SMARTS) is 1. The minimum Gasteiger partial charge on any atom is -0.480 e. The molecule has 1 atom stereocenters. The average molecular weight is 201 g/mol. The zero-order valence-corrected chi connectivity index (χ0v) is 8.86. The standard InChI is InChI=1S/C10H19NO3/c1-8(9(13)14)11-5-3-10(2,7-12)4-6-11/h8,12H,3-7H2,1-2H3,(H,13,14). The lowest BCUT2D eigenvalue weighted by molar-refractivity contribution is -0.143. The topological polar surface area (TPSA) is 60.8 Å². The van der Waals surface area contributed by atoms with E-state index < -0.39 is 12.0 Å². The van der Waals surface area contributed by atoms with Crippen LogP contribution in [0.1, 0.15) is 26.7 Å². The Morgan fingerprint density at radius 2 is 2.00 bits per heavy atom. The third-order valence-corrected chi connectivity index (χ3v) is 3.29. The van der Waals surface area contributed by atoms with E-state index in [1.165, 1.54) is 0 Å². The van der Waals surface area contributed by atoms with Crippen molar-refractivity contribution in [2.45, 2.75) is 32.7 Å². The molecule has 1 aliphatic rings. The molecule has 0 saturated carbocycles. The van der Waals surface area contributed by atoms with Gasteiger partial charge in [-0.15, -0.1) is 0 Å². The maximum absolute atomic E-state index is 10.7. The van der Waals surface area contributed by atoms with Crippen LogP contribution in [0.4, 0.5) is 0 Å². The molecular weight excluding hydrogens is 182 g/mol. The highest BCUT2D eigenvalue weighted by Crippen LogP contribution is 2.30. The summed E-state index contributed by atoms with van der Waals surface area (Å²) in [5, 5.41) is 18.0. The Bertz CT molecular complexity index is 209. The second-order valence-electron chi connectivity index (χ2n) is 4.52. The van der Waals surface area contributed by atoms with E-state index in [2.05, 4.69) is 6.92 Å². The van der Waals surface area contributed by atoms with Crippen molar-refractivity contribution in [2.24, 2.45) is 5.41 Å². The van der Waals surface area contributed by atoms with E-state index in [-0.39, 0.29) is 12.0 Å². The monoisotopic (exact) mass is 201 g/mol. The molecule has 4 heteroatoms. The quantitative estimate of drug-likeness (QED) is 0.700. The van der Waals surface area contributed by atoms with Crippen molar-refractivity contribution in [1.82, 2.24) is 4.90 Å². The third kappa shape index (κ3) is 2.45. The molecule has 14 heavy (non-hydrogen) atoms. The predicted molar refractivity (Wildman–Crippen MR) is 53.1 cm³/mol. The third-order valence-electron chi connectivity index (χ3n) is 3.29. The SMILES string of the molecule is CC(C(=O)O)N1CCC(C)(CO)CC1. The van der Waals surface area contributed by atoms with Crippen LogP contribution >= 0.6 is 0 Å². The van der Waals surface area contributed by atoms with Gasteiger partial charge in [0.1, 0.15) is 6.04 Å². The van der Waals surface area contributed by atoms with Gasteiger partial charge in [-0.3, -0.25) is 9.69 Å². The predicted octanol–water partition coefficient (Wildman–Crippen LogP) is 0.554. The van der Waals surface area contributed by atoms with Gasteiger partial charge in [-0.1, -0.05) is 6.92 Å². The summed E-state index contributed by atoms with van der Waals surface area (Å²) >= 11 is 0. The number of aliphatic hydroxyl groups excluding tert-OH is 1. The molecule has 1 saturated heterocycles. The molecule has 0 radical (unpaired) electrons. The molecule has 1 rings (SSSR count). The maximum atomic E-state index is 10.7. The van der Waals surface area contributed by atoms with Crippen LogP contribution in [0.5, 0.6) is 0 Å². The van der Waals surface area contributed by atoms with Gasteiger partial charge >= 0.3 is 5.97 Å². The molecule has 1 aliphatic heterocycles. The number of hydrogen-bond acceptors (Lipinski definition) is 3. The fraction of sp³-hybridized carbons (Fsp3) is 0.900. The Morgan fingerprint density at radius 1 is 1.50 bits per heavy atom. The van der Waals surface area contributed by atoms with Gasteiger partial charge in [0.25, 0.3) is 0 Å². The van der Waals surface area contributed by atoms with Crippen LogP contribution in [0.15, 0.2) is 0 Å². The molecule has 0 spiro atoms. The second-order valence-corrected chi connectivity index (χ2v) is 4.52. The van der Waals surface area contributed by atoms with Crippen molar-refractivity contribution in [2.75, 3.05) is 19.7 Å². The molecule has 0 amide bonds. The van der Waals surface area contributed by atoms with Crippen LogP contribution in [0.2, 0.25) is 0 Å². The minimum atomic E-state index is -0.766. The van der Waals surface area contributed by atoms with Gasteiger partial charge in [-0.25, -0.2) is 0 Å². The van der Waals surface area contributed by atoms with E-state index in [0.29, 0.717) is 0 Å². The molecular formula is C10H19NO3. The molecule has 0 aliphatic carbocycles. The van der Waals surface area contributed by atoms with Gasteiger partial charge in [0.2, 0.25) is 0 Å². The number of rotatable bonds is 3. The highest BCUT2D eigenvalue weighted by Gasteiger charge is 2.32. The molecule has 1 heterocycles. The van der Waals surface area contributed by atoms with Gasteiger partial charge in [-0.05, 0) is 38.3 Å². The summed E-state index contributed by atoms with van der Waals surface area (Å²) in [6, 6.07) is -0.404. The highest BCUT2D eigenvalue weighted by atomic mass is 16.4. The number of likely N-dealkylation sites (tertiary alicyclic amines) is 1. The first-order valence-electron chi connectivity index (χ1n) is 5.06. The molecule has 0 aromatic heterocycles. The summed E-state index contributed by atoms with van der Waals surface area (Å²) < 4.78 is 0. The van der Waals surface area contributed by atoms with Gasteiger partial charge < -0.3 is 10.2 Å². The number of carbonyl (C=O) groups is 1. The molecule has 82 valence electrons. The smallest absolute Gasteiger partial charge is 0.320 e. The number of aliphatic hydroxyl groups is 1. The molecule has 0 aromatic rings. The van der Waals surface area contributed by atoms with Gasteiger partial charge in [0.05, 0.1) is 0 Å². The lowest BCUT2D eigenvalue weighted by Gasteiger charge is -2.39. The Kier molecular flexibility index (Phi) is 3.50. The first kappa shape index (κ1) is 11.5. The van der Waals surface area contributed by atoms with Crippen molar-refractivity contribution in [1.29, 1.82) is 0 Å². The summed E-state index contributed by atoms with van der Waals surface area (Å²) in [7, 11) is 0. The largest absolute Gasteiger partial charge is 0.480 e. The fourth-order valence-electron chi connectivity index (χ4n) is 1.77. The number of piperidine rings is 1. The lowest BCUT2D eigenvalue weighted by Crippen LogP contribution is -2.47. The lowest BCUT2D eigenvalue weighted by atomic mass is 9.81. The van der Waals surface area contributed by atoms with E-state index in [9.17, 15) is 4.79 Å². The number of carboxylic acids is 1. The summed E-state index contributed by atoms with van der Waals surface area (Å²) in [5.41, 5.74) is -0.00523. The van der Waals surface area contributed by atoms with E-state index >= 15 is 0 Å². The highest BCUT2D eigenvalue weighted by molar-refractivity contribution is 5.72. The fourth-order valence-corrected chi connectivity index (χ4v) is 1.77. The van der Waals surface area contributed by atoms with E-state index in [0.717, 1.165) is 25.9 Å². The Morgan fingerprint density at radius 3 is 2.36 bits per heavy atom.